The summed E-state index contributed by atoms with van der Waals surface area (Å²) in [4.78, 5) is 65.3. The number of aromatic nitrogens is 6. The van der Waals surface area contributed by atoms with Crippen LogP contribution in [0.2, 0.25) is 0 Å². The number of likely N-dealkylation sites (tertiary alicyclic amines) is 2. The van der Waals surface area contributed by atoms with Gasteiger partial charge in [0.1, 0.15) is 29.7 Å². The summed E-state index contributed by atoms with van der Waals surface area (Å²) in [5.41, 5.74) is 6.88. The first-order valence-corrected chi connectivity index (χ1v) is 25.3. The zero-order chi connectivity index (χ0) is 49.8. The number of rotatable bonds is 13. The van der Waals surface area contributed by atoms with Crippen LogP contribution in [0.5, 0.6) is 11.5 Å². The molecule has 3 amide bonds. The number of carbonyl (C=O) groups excluding carboxylic acids is 3. The number of aliphatic hydroxyl groups is 1. The minimum atomic E-state index is -1.97. The Labute approximate surface area is 415 Å². The normalized spacial score (nSPS) is 20.7. The third-order valence-corrected chi connectivity index (χ3v) is 15.4. The number of aromatic amines is 1. The molecule has 4 aliphatic rings. The number of phenols is 1. The highest BCUT2D eigenvalue weighted by atomic mass is 32.1. The van der Waals surface area contributed by atoms with Crippen molar-refractivity contribution < 1.29 is 33.7 Å². The number of ether oxygens (including phenoxy) is 1. The summed E-state index contributed by atoms with van der Waals surface area (Å²) in [5, 5.41) is 36.7. The Morgan fingerprint density at radius 2 is 1.79 bits per heavy atom. The van der Waals surface area contributed by atoms with E-state index in [9.17, 15) is 29.0 Å². The second-order valence-corrected chi connectivity index (χ2v) is 21.4. The summed E-state index contributed by atoms with van der Waals surface area (Å²) in [7, 11) is 0. The number of aromatic hydroxyl groups is 1. The molecule has 2 aromatic carbocycles. The van der Waals surface area contributed by atoms with Crippen molar-refractivity contribution in [3.05, 3.63) is 94.5 Å². The van der Waals surface area contributed by atoms with Crippen LogP contribution in [0.15, 0.2) is 66.4 Å². The van der Waals surface area contributed by atoms with Crippen LogP contribution < -0.4 is 20.3 Å². The number of H-pyrrole nitrogens is 1. The fraction of sp³-hybridized carbons (Fsp3) is 0.462. The van der Waals surface area contributed by atoms with E-state index in [1.165, 1.54) is 4.90 Å². The number of carbonyl (C=O) groups is 3. The number of anilines is 1. The largest absolute Gasteiger partial charge is 0.507 e. The van der Waals surface area contributed by atoms with E-state index < -0.39 is 47.0 Å². The van der Waals surface area contributed by atoms with E-state index in [-0.39, 0.29) is 50.2 Å². The average molecular weight is 986 g/mol. The quantitative estimate of drug-likeness (QED) is 0.0857. The van der Waals surface area contributed by atoms with Gasteiger partial charge in [-0.05, 0) is 74.8 Å². The maximum atomic E-state index is 14.7. The van der Waals surface area contributed by atoms with Crippen LogP contribution in [-0.2, 0) is 33.9 Å². The number of para-hydroxylation sites is 1. The number of amides is 3. The minimum Gasteiger partial charge on any atom is -0.507 e. The van der Waals surface area contributed by atoms with Crippen molar-refractivity contribution in [3.8, 4) is 33.2 Å². The maximum absolute atomic E-state index is 14.7. The molecule has 1 saturated carbocycles. The van der Waals surface area contributed by atoms with Crippen LogP contribution in [0.25, 0.3) is 32.7 Å². The van der Waals surface area contributed by atoms with Gasteiger partial charge in [-0.3, -0.25) is 19.3 Å². The second-order valence-electron chi connectivity index (χ2n) is 20.6. The van der Waals surface area contributed by atoms with Crippen molar-refractivity contribution in [2.24, 2.45) is 5.41 Å². The van der Waals surface area contributed by atoms with Crippen LogP contribution in [-0.4, -0.2) is 124 Å². The summed E-state index contributed by atoms with van der Waals surface area (Å²) in [5.74, 6) is -0.346. The van der Waals surface area contributed by atoms with E-state index in [0.717, 1.165) is 82.8 Å². The molecule has 4 atom stereocenters. The predicted octanol–water partition coefficient (Wildman–Crippen LogP) is 6.33. The lowest BCUT2D eigenvalue weighted by Gasteiger charge is -2.35. The lowest BCUT2D eigenvalue weighted by Crippen LogP contribution is -2.59. The maximum Gasteiger partial charge on any atom is 0.258 e. The Balaban J connectivity index is 0.775. The number of hydrogen-bond acceptors (Lipinski definition) is 14. The van der Waals surface area contributed by atoms with Crippen molar-refractivity contribution in [1.82, 2.24) is 50.6 Å². The number of alkyl halides is 1. The first kappa shape index (κ1) is 48.1. The van der Waals surface area contributed by atoms with E-state index in [2.05, 4.69) is 47.5 Å². The number of halogens is 1. The molecule has 4 aromatic heterocycles. The van der Waals surface area contributed by atoms with E-state index >= 15 is 0 Å². The lowest BCUT2D eigenvalue weighted by molar-refractivity contribution is -0.145. The molecular formula is C52H60FN11O6S. The van der Waals surface area contributed by atoms with E-state index in [0.29, 0.717) is 35.1 Å². The zero-order valence-corrected chi connectivity index (χ0v) is 41.4. The van der Waals surface area contributed by atoms with Gasteiger partial charge in [-0.25, -0.2) is 19.3 Å². The fourth-order valence-corrected chi connectivity index (χ4v) is 11.0. The number of nitrogens with one attached hydrogen (secondary N) is 3. The standard InChI is InChI=1S/C52H60FN11O6S/c1-29-44(71-28-57-29)32-10-11-33(25-54-47(67)40-21-34(65)27-64(40)48(68)45(51(3,4)5)59-49(69)52(53)15-16-52)42(20-32)70-35-12-17-62(18-13-35)26-31-23-55-50(56-24-31)63-19-14-38-43(30(63)2)37-22-39(60-61-46(37)58-38)36-8-6-7-9-41(36)66/h6-11,20,22-24,28,30,34-35,40,45,65-66H,12-19,21,25-27H2,1-5H3,(H,54,67)(H,58,61)(H,59,69)/t30-,34-,40+,45-/m1/s1. The molecule has 0 unspecified atom stereocenters. The number of phenolic OH excluding ortho intramolecular Hbond substituents is 1. The van der Waals surface area contributed by atoms with Gasteiger partial charge in [0, 0.05) is 97.8 Å². The first-order chi connectivity index (χ1) is 34.0. The number of hydrogen-bond donors (Lipinski definition) is 5. The predicted molar refractivity (Wildman–Crippen MR) is 266 cm³/mol. The van der Waals surface area contributed by atoms with Crippen molar-refractivity contribution in [3.63, 3.8) is 0 Å². The smallest absolute Gasteiger partial charge is 0.258 e. The zero-order valence-electron chi connectivity index (χ0n) is 40.6. The minimum absolute atomic E-state index is 0.0299. The molecule has 1 aliphatic carbocycles. The molecule has 10 rings (SSSR count). The van der Waals surface area contributed by atoms with Gasteiger partial charge in [0.05, 0.1) is 33.9 Å². The molecular weight excluding hydrogens is 926 g/mol. The molecule has 0 radical (unpaired) electrons. The van der Waals surface area contributed by atoms with Crippen LogP contribution in [0, 0.1) is 12.3 Å². The number of thiazole rings is 1. The number of fused-ring (bicyclic) bond motifs is 3. The Bertz CT molecular complexity index is 2960. The summed E-state index contributed by atoms with van der Waals surface area (Å²) in [6.07, 6.45) is 5.36. The van der Waals surface area contributed by atoms with Crippen molar-refractivity contribution in [1.29, 1.82) is 0 Å². The van der Waals surface area contributed by atoms with Crippen LogP contribution in [0.1, 0.15) is 93.9 Å². The molecule has 3 aliphatic heterocycles. The summed E-state index contributed by atoms with van der Waals surface area (Å²) in [6, 6.07) is 12.9. The van der Waals surface area contributed by atoms with Crippen molar-refractivity contribution in [2.45, 2.75) is 122 Å². The molecule has 6 aromatic rings. The fourth-order valence-electron chi connectivity index (χ4n) is 10.2. The van der Waals surface area contributed by atoms with Crippen LogP contribution in [0.4, 0.5) is 10.3 Å². The number of benzene rings is 2. The molecule has 5 N–H and O–H groups in total. The molecule has 372 valence electrons. The Hall–Kier alpha value is -6.57. The number of aliphatic hydroxyl groups excluding tert-OH is 1. The van der Waals surface area contributed by atoms with Gasteiger partial charge in [-0.2, -0.15) is 0 Å². The van der Waals surface area contributed by atoms with Gasteiger partial charge >= 0.3 is 0 Å². The summed E-state index contributed by atoms with van der Waals surface area (Å²) >= 11 is 1.54. The molecule has 7 heterocycles. The SMILES string of the molecule is Cc1ncsc1-c1ccc(CNC(=O)[C@@H]2C[C@@H](O)CN2C(=O)[C@@H](NC(=O)C2(F)CC2)C(C)(C)C)c(OC2CCN(Cc3cnc(N4CCc5[nH]c6nnc(-c7ccccc7O)cc6c5[C@H]4C)nc3)CC2)c1. The molecule has 2 saturated heterocycles. The molecule has 3 fully saturated rings. The summed E-state index contributed by atoms with van der Waals surface area (Å²) < 4.78 is 21.5. The van der Waals surface area contributed by atoms with Gasteiger partial charge < -0.3 is 40.4 Å². The van der Waals surface area contributed by atoms with Gasteiger partial charge in [0.2, 0.25) is 17.8 Å². The number of piperidine rings is 1. The molecule has 71 heavy (non-hydrogen) atoms. The highest BCUT2D eigenvalue weighted by molar-refractivity contribution is 7.13. The Kier molecular flexibility index (Phi) is 13.0. The van der Waals surface area contributed by atoms with Gasteiger partial charge in [0.25, 0.3) is 5.91 Å². The summed E-state index contributed by atoms with van der Waals surface area (Å²) in [6.45, 7) is 12.5. The van der Waals surface area contributed by atoms with Gasteiger partial charge in [0.15, 0.2) is 11.3 Å². The first-order valence-electron chi connectivity index (χ1n) is 24.5. The van der Waals surface area contributed by atoms with Crippen LogP contribution in [0.3, 0.4) is 0 Å². The number of β-amino-alcohol motifs (C(OH)–C–C–N with tert-alkyl or cyclic N) is 1. The highest BCUT2D eigenvalue weighted by Gasteiger charge is 2.53. The van der Waals surface area contributed by atoms with Crippen molar-refractivity contribution >= 4 is 46.0 Å². The second kappa shape index (κ2) is 19.2. The lowest BCUT2D eigenvalue weighted by atomic mass is 9.85. The van der Waals surface area contributed by atoms with Gasteiger partial charge in [-0.1, -0.05) is 45.0 Å². The number of nitrogens with zero attached hydrogens (tertiary/aromatic N) is 8. The number of aryl methyl sites for hydroxylation is 1. The van der Waals surface area contributed by atoms with E-state index in [1.807, 2.05) is 61.2 Å². The molecule has 19 heteroatoms. The van der Waals surface area contributed by atoms with E-state index in [4.69, 9.17) is 14.7 Å². The monoisotopic (exact) mass is 985 g/mol. The van der Waals surface area contributed by atoms with Gasteiger partial charge in [-0.15, -0.1) is 21.5 Å². The molecule has 0 bridgehead atoms. The Morgan fingerprint density at radius 1 is 1.03 bits per heavy atom. The van der Waals surface area contributed by atoms with Crippen molar-refractivity contribution in [2.75, 3.05) is 31.1 Å². The average Bonchev–Trinajstić information content (AvgIpc) is 3.60. The highest BCUT2D eigenvalue weighted by Crippen LogP contribution is 2.41. The molecule has 0 spiro atoms. The third kappa shape index (κ3) is 9.91. The molecule has 17 nitrogen and oxygen atoms in total. The topological polar surface area (TPSA) is 215 Å². The van der Waals surface area contributed by atoms with E-state index in [1.54, 1.807) is 44.2 Å². The van der Waals surface area contributed by atoms with Crippen LogP contribution >= 0.6 is 11.3 Å². The third-order valence-electron chi connectivity index (χ3n) is 14.4. The Morgan fingerprint density at radius 3 is 2.49 bits per heavy atom.